The maximum atomic E-state index is 4.71. The van der Waals surface area contributed by atoms with Gasteiger partial charge in [0.15, 0.2) is 5.82 Å². The van der Waals surface area contributed by atoms with Crippen LogP contribution in [0.15, 0.2) is 16.9 Å². The topological polar surface area (TPSA) is 55.6 Å². The molecule has 0 bridgehead atoms. The molecule has 0 aliphatic heterocycles. The second-order valence-corrected chi connectivity index (χ2v) is 6.05. The first-order chi connectivity index (χ1) is 10.1. The lowest BCUT2D eigenvalue weighted by atomic mass is 10.1. The molecule has 1 N–H and O–H groups in total. The normalized spacial score (nSPS) is 11.1. The lowest BCUT2D eigenvalue weighted by Crippen LogP contribution is -2.08. The number of aryl methyl sites for hydroxylation is 1. The highest BCUT2D eigenvalue weighted by Crippen LogP contribution is 2.31. The Bertz CT molecular complexity index is 606. The number of aromatic nitrogens is 4. The van der Waals surface area contributed by atoms with E-state index in [2.05, 4.69) is 59.0 Å². The third-order valence-corrected chi connectivity index (χ3v) is 3.96. The van der Waals surface area contributed by atoms with Crippen LogP contribution in [0.2, 0.25) is 0 Å². The molecular weight excluding hydrogens is 330 g/mol. The molecule has 0 spiro atoms. The number of hydrogen-bond donors (Lipinski definition) is 1. The monoisotopic (exact) mass is 351 g/mol. The van der Waals surface area contributed by atoms with E-state index < -0.39 is 0 Å². The molecule has 6 heteroatoms. The molecule has 0 unspecified atom stereocenters. The van der Waals surface area contributed by atoms with E-state index in [0.717, 1.165) is 46.9 Å². The van der Waals surface area contributed by atoms with Crippen LogP contribution in [-0.2, 0) is 6.54 Å². The minimum absolute atomic E-state index is 0.324. The van der Waals surface area contributed by atoms with Crippen LogP contribution in [0.25, 0.3) is 11.4 Å². The Kier molecular flexibility index (Phi) is 5.33. The Labute approximate surface area is 134 Å². The van der Waals surface area contributed by atoms with Gasteiger partial charge in [0.2, 0.25) is 0 Å². The van der Waals surface area contributed by atoms with Crippen molar-refractivity contribution in [1.82, 2.24) is 19.7 Å². The van der Waals surface area contributed by atoms with Crippen LogP contribution >= 0.6 is 15.9 Å². The van der Waals surface area contributed by atoms with Gasteiger partial charge in [-0.15, -0.1) is 0 Å². The smallest absolute Gasteiger partial charge is 0.165 e. The molecule has 0 radical (unpaired) electrons. The molecule has 0 saturated heterocycles. The first-order valence-electron chi connectivity index (χ1n) is 7.40. The molecule has 0 aliphatic carbocycles. The summed E-state index contributed by atoms with van der Waals surface area (Å²) in [5, 5.41) is 7.67. The van der Waals surface area contributed by atoms with E-state index in [1.165, 1.54) is 0 Å². The number of halogens is 1. The Morgan fingerprint density at radius 3 is 2.62 bits per heavy atom. The molecule has 0 atom stereocenters. The van der Waals surface area contributed by atoms with E-state index in [1.54, 1.807) is 0 Å². The zero-order valence-corrected chi connectivity index (χ0v) is 14.6. The zero-order valence-electron chi connectivity index (χ0n) is 13.0. The summed E-state index contributed by atoms with van der Waals surface area (Å²) < 4.78 is 2.84. The first-order valence-corrected chi connectivity index (χ1v) is 8.20. The number of rotatable bonds is 6. The Morgan fingerprint density at radius 2 is 2.05 bits per heavy atom. The standard InChI is InChI=1S/C15H22BrN5/c1-5-7-17-15-12(16)13(10(3)4)19-14(20-15)11-8-18-21(6-2)9-11/h8-10H,5-7H2,1-4H3,(H,17,19,20). The fourth-order valence-electron chi connectivity index (χ4n) is 1.99. The Balaban J connectivity index is 2.47. The van der Waals surface area contributed by atoms with Crippen molar-refractivity contribution in [3.05, 3.63) is 22.6 Å². The molecule has 0 fully saturated rings. The summed E-state index contributed by atoms with van der Waals surface area (Å²) in [4.78, 5) is 9.36. The Morgan fingerprint density at radius 1 is 1.29 bits per heavy atom. The molecular formula is C15H22BrN5. The third-order valence-electron chi connectivity index (χ3n) is 3.18. The van der Waals surface area contributed by atoms with Crippen molar-refractivity contribution in [3.63, 3.8) is 0 Å². The summed E-state index contributed by atoms with van der Waals surface area (Å²) in [5.41, 5.74) is 1.97. The zero-order chi connectivity index (χ0) is 15.4. The summed E-state index contributed by atoms with van der Waals surface area (Å²) >= 11 is 3.63. The van der Waals surface area contributed by atoms with Crippen LogP contribution < -0.4 is 5.32 Å². The lowest BCUT2D eigenvalue weighted by molar-refractivity contribution is 0.660. The molecule has 2 aromatic rings. The quantitative estimate of drug-likeness (QED) is 0.852. The van der Waals surface area contributed by atoms with Crippen LogP contribution in [0.4, 0.5) is 5.82 Å². The summed E-state index contributed by atoms with van der Waals surface area (Å²) in [5.74, 6) is 1.90. The third kappa shape index (κ3) is 3.61. The van der Waals surface area contributed by atoms with E-state index >= 15 is 0 Å². The SMILES string of the molecule is CCCNc1nc(-c2cnn(CC)c2)nc(C(C)C)c1Br. The highest BCUT2D eigenvalue weighted by molar-refractivity contribution is 9.10. The number of hydrogen-bond acceptors (Lipinski definition) is 4. The number of nitrogens with zero attached hydrogens (tertiary/aromatic N) is 4. The van der Waals surface area contributed by atoms with Crippen molar-refractivity contribution in [1.29, 1.82) is 0 Å². The van der Waals surface area contributed by atoms with E-state index in [1.807, 2.05) is 17.1 Å². The maximum absolute atomic E-state index is 4.71. The molecule has 2 aromatic heterocycles. The fraction of sp³-hybridized carbons (Fsp3) is 0.533. The van der Waals surface area contributed by atoms with Crippen LogP contribution in [0.5, 0.6) is 0 Å². The fourth-order valence-corrected chi connectivity index (χ4v) is 2.76. The number of anilines is 1. The molecule has 2 rings (SSSR count). The summed E-state index contributed by atoms with van der Waals surface area (Å²) in [6.45, 7) is 10.2. The predicted octanol–water partition coefficient (Wildman–Crippen LogP) is 4.07. The molecule has 114 valence electrons. The second-order valence-electron chi connectivity index (χ2n) is 5.26. The second kappa shape index (κ2) is 7.02. The van der Waals surface area contributed by atoms with E-state index in [9.17, 15) is 0 Å². The van der Waals surface area contributed by atoms with Gasteiger partial charge in [0.05, 0.1) is 21.9 Å². The van der Waals surface area contributed by atoms with Gasteiger partial charge in [-0.3, -0.25) is 4.68 Å². The van der Waals surface area contributed by atoms with Crippen molar-refractivity contribution in [2.45, 2.75) is 46.6 Å². The highest BCUT2D eigenvalue weighted by atomic mass is 79.9. The summed E-state index contributed by atoms with van der Waals surface area (Å²) in [7, 11) is 0. The molecule has 0 amide bonds. The molecule has 0 aliphatic rings. The molecule has 0 aromatic carbocycles. The molecule has 0 saturated carbocycles. The van der Waals surface area contributed by atoms with Gasteiger partial charge >= 0.3 is 0 Å². The van der Waals surface area contributed by atoms with Gasteiger partial charge in [-0.1, -0.05) is 20.8 Å². The van der Waals surface area contributed by atoms with Gasteiger partial charge in [0.1, 0.15) is 5.82 Å². The largest absolute Gasteiger partial charge is 0.369 e. The number of nitrogens with one attached hydrogen (secondary N) is 1. The molecule has 5 nitrogen and oxygen atoms in total. The van der Waals surface area contributed by atoms with Gasteiger partial charge < -0.3 is 5.32 Å². The minimum Gasteiger partial charge on any atom is -0.369 e. The van der Waals surface area contributed by atoms with Gasteiger partial charge in [0, 0.05) is 19.3 Å². The minimum atomic E-state index is 0.324. The van der Waals surface area contributed by atoms with Crippen LogP contribution in [0, 0.1) is 0 Å². The van der Waals surface area contributed by atoms with Gasteiger partial charge in [0.25, 0.3) is 0 Å². The van der Waals surface area contributed by atoms with Crippen LogP contribution in [-0.4, -0.2) is 26.3 Å². The first kappa shape index (κ1) is 15.9. The van der Waals surface area contributed by atoms with Crippen molar-refractivity contribution >= 4 is 21.7 Å². The van der Waals surface area contributed by atoms with Crippen molar-refractivity contribution in [2.75, 3.05) is 11.9 Å². The maximum Gasteiger partial charge on any atom is 0.165 e. The molecule has 21 heavy (non-hydrogen) atoms. The van der Waals surface area contributed by atoms with Crippen molar-refractivity contribution in [3.8, 4) is 11.4 Å². The van der Waals surface area contributed by atoms with Crippen molar-refractivity contribution < 1.29 is 0 Å². The predicted molar refractivity (Wildman–Crippen MR) is 89.5 cm³/mol. The van der Waals surface area contributed by atoms with Gasteiger partial charge in [-0.2, -0.15) is 5.10 Å². The van der Waals surface area contributed by atoms with Crippen molar-refractivity contribution in [2.24, 2.45) is 0 Å². The lowest BCUT2D eigenvalue weighted by Gasteiger charge is -2.14. The van der Waals surface area contributed by atoms with E-state index in [4.69, 9.17) is 4.98 Å². The van der Waals surface area contributed by atoms with E-state index in [0.29, 0.717) is 5.92 Å². The highest BCUT2D eigenvalue weighted by Gasteiger charge is 2.16. The van der Waals surface area contributed by atoms with Crippen LogP contribution in [0.1, 0.15) is 45.7 Å². The summed E-state index contributed by atoms with van der Waals surface area (Å²) in [6.07, 6.45) is 4.86. The average Bonchev–Trinajstić information content (AvgIpc) is 2.94. The average molecular weight is 352 g/mol. The van der Waals surface area contributed by atoms with Gasteiger partial charge in [-0.25, -0.2) is 9.97 Å². The van der Waals surface area contributed by atoms with Gasteiger partial charge in [-0.05, 0) is 35.2 Å². The summed E-state index contributed by atoms with van der Waals surface area (Å²) in [6, 6.07) is 0. The Hall–Kier alpha value is -1.43. The molecule has 2 heterocycles. The van der Waals surface area contributed by atoms with Crippen LogP contribution in [0.3, 0.4) is 0 Å². The van der Waals surface area contributed by atoms with E-state index in [-0.39, 0.29) is 0 Å².